The fourth-order valence-corrected chi connectivity index (χ4v) is 3.90. The fraction of sp³-hybridized carbons (Fsp3) is 0.765. The molecule has 2 aliphatic heterocycles. The predicted octanol–water partition coefficient (Wildman–Crippen LogP) is 1.17. The van der Waals surface area contributed by atoms with E-state index in [1.54, 1.807) is 12.4 Å². The van der Waals surface area contributed by atoms with Crippen molar-refractivity contribution in [2.75, 3.05) is 40.3 Å². The number of hydrogen-bond donors (Lipinski definition) is 1. The third-order valence-electron chi connectivity index (χ3n) is 5.32. The maximum Gasteiger partial charge on any atom is 0.227 e. The van der Waals surface area contributed by atoms with E-state index in [1.165, 1.54) is 25.9 Å². The van der Waals surface area contributed by atoms with Crippen molar-refractivity contribution in [1.29, 1.82) is 0 Å². The second-order valence-corrected chi connectivity index (χ2v) is 7.10. The van der Waals surface area contributed by atoms with E-state index >= 15 is 0 Å². The molecule has 1 aromatic heterocycles. The Labute approximate surface area is 138 Å². The molecule has 23 heavy (non-hydrogen) atoms. The molecule has 1 amide bonds. The van der Waals surface area contributed by atoms with Crippen LogP contribution >= 0.6 is 0 Å². The molecule has 2 aliphatic rings. The maximum atomic E-state index is 12.8. The highest BCUT2D eigenvalue weighted by Crippen LogP contribution is 2.24. The van der Waals surface area contributed by atoms with Crippen molar-refractivity contribution in [1.82, 2.24) is 24.7 Å². The summed E-state index contributed by atoms with van der Waals surface area (Å²) in [5.41, 5.74) is 0. The number of piperidine rings is 2. The molecule has 3 rings (SSSR count). The summed E-state index contributed by atoms with van der Waals surface area (Å²) in [4.78, 5) is 26.8. The number of amides is 1. The normalized spacial score (nSPS) is 24.7. The molecule has 1 atom stereocenters. The summed E-state index contributed by atoms with van der Waals surface area (Å²) in [7, 11) is 4.09. The number of nitrogens with one attached hydrogen (secondary N) is 1. The quantitative estimate of drug-likeness (QED) is 0.905. The van der Waals surface area contributed by atoms with Crippen molar-refractivity contribution < 1.29 is 4.79 Å². The lowest BCUT2D eigenvalue weighted by Crippen LogP contribution is -2.50. The fourth-order valence-electron chi connectivity index (χ4n) is 3.90. The summed E-state index contributed by atoms with van der Waals surface area (Å²) in [5.74, 6) is 1.26. The summed E-state index contributed by atoms with van der Waals surface area (Å²) < 4.78 is 0. The van der Waals surface area contributed by atoms with Crippen LogP contribution in [0.4, 0.5) is 0 Å². The highest BCUT2D eigenvalue weighted by atomic mass is 16.2. The first-order valence-electron chi connectivity index (χ1n) is 8.79. The first-order valence-corrected chi connectivity index (χ1v) is 8.79. The molecular formula is C17H29N5O. The smallest absolute Gasteiger partial charge is 0.227 e. The number of carbonyl (C=O) groups excluding carboxylic acids is 1. The van der Waals surface area contributed by atoms with Crippen LogP contribution in [0.25, 0.3) is 0 Å². The molecule has 6 heteroatoms. The van der Waals surface area contributed by atoms with Gasteiger partial charge in [-0.05, 0) is 52.4 Å². The van der Waals surface area contributed by atoms with Gasteiger partial charge in [-0.2, -0.15) is 0 Å². The van der Waals surface area contributed by atoms with Gasteiger partial charge in [0.05, 0.1) is 12.5 Å². The van der Waals surface area contributed by atoms with E-state index < -0.39 is 0 Å². The van der Waals surface area contributed by atoms with Crippen molar-refractivity contribution in [2.24, 2.45) is 5.92 Å². The number of hydrogen-bond acceptors (Lipinski definition) is 4. The average molecular weight is 319 g/mol. The molecule has 0 aromatic carbocycles. The Hall–Kier alpha value is -1.40. The van der Waals surface area contributed by atoms with E-state index in [0.29, 0.717) is 12.6 Å². The van der Waals surface area contributed by atoms with Gasteiger partial charge in [0.1, 0.15) is 5.82 Å². The van der Waals surface area contributed by atoms with Crippen molar-refractivity contribution in [3.05, 3.63) is 18.2 Å². The second-order valence-electron chi connectivity index (χ2n) is 7.10. The molecule has 3 heterocycles. The van der Waals surface area contributed by atoms with Gasteiger partial charge in [0.15, 0.2) is 0 Å². The summed E-state index contributed by atoms with van der Waals surface area (Å²) in [6.45, 7) is 5.00. The van der Waals surface area contributed by atoms with E-state index in [0.717, 1.165) is 31.8 Å². The van der Waals surface area contributed by atoms with Gasteiger partial charge in [-0.1, -0.05) is 0 Å². The zero-order chi connectivity index (χ0) is 16.2. The molecule has 1 unspecified atom stereocenters. The number of carbonyl (C=O) groups is 1. The van der Waals surface area contributed by atoms with Gasteiger partial charge in [0.25, 0.3) is 0 Å². The minimum absolute atomic E-state index is 0.142. The zero-order valence-corrected chi connectivity index (χ0v) is 14.4. The van der Waals surface area contributed by atoms with Crippen molar-refractivity contribution in [3.63, 3.8) is 0 Å². The third kappa shape index (κ3) is 4.12. The molecule has 2 saturated heterocycles. The van der Waals surface area contributed by atoms with Gasteiger partial charge in [0, 0.05) is 32.0 Å². The third-order valence-corrected chi connectivity index (χ3v) is 5.32. The van der Waals surface area contributed by atoms with Gasteiger partial charge in [0.2, 0.25) is 5.91 Å². The van der Waals surface area contributed by atoms with Crippen LogP contribution in [0.3, 0.4) is 0 Å². The van der Waals surface area contributed by atoms with Gasteiger partial charge in [-0.3, -0.25) is 9.69 Å². The van der Waals surface area contributed by atoms with E-state index in [1.807, 2.05) is 11.9 Å². The van der Waals surface area contributed by atoms with Gasteiger partial charge < -0.3 is 14.8 Å². The van der Waals surface area contributed by atoms with Crippen molar-refractivity contribution in [3.8, 4) is 0 Å². The van der Waals surface area contributed by atoms with E-state index in [2.05, 4.69) is 26.8 Å². The highest BCUT2D eigenvalue weighted by molar-refractivity contribution is 5.78. The van der Waals surface area contributed by atoms with Crippen LogP contribution < -0.4 is 0 Å². The number of nitrogens with zero attached hydrogens (tertiary/aromatic N) is 4. The van der Waals surface area contributed by atoms with E-state index in [4.69, 9.17) is 0 Å². The summed E-state index contributed by atoms with van der Waals surface area (Å²) in [5, 5.41) is 0. The van der Waals surface area contributed by atoms with Gasteiger partial charge in [-0.15, -0.1) is 0 Å². The minimum atomic E-state index is 0.142. The second kappa shape index (κ2) is 7.45. The monoisotopic (exact) mass is 319 g/mol. The minimum Gasteiger partial charge on any atom is -0.347 e. The number of imidazole rings is 1. The number of likely N-dealkylation sites (tertiary alicyclic amines) is 2. The SMILES string of the molecule is CN1CCC(N2CCCC(C(=O)N(C)Cc3ncc[nH]3)C2)CC1. The van der Waals surface area contributed by atoms with Crippen molar-refractivity contribution >= 4 is 5.91 Å². The van der Waals surface area contributed by atoms with Crippen LogP contribution in [0.5, 0.6) is 0 Å². The van der Waals surface area contributed by atoms with E-state index in [-0.39, 0.29) is 11.8 Å². The molecule has 6 nitrogen and oxygen atoms in total. The molecule has 0 bridgehead atoms. The first-order chi connectivity index (χ1) is 11.1. The topological polar surface area (TPSA) is 55.5 Å². The van der Waals surface area contributed by atoms with Gasteiger partial charge >= 0.3 is 0 Å². The summed E-state index contributed by atoms with van der Waals surface area (Å²) in [6, 6.07) is 0.664. The van der Waals surface area contributed by atoms with E-state index in [9.17, 15) is 4.79 Å². The number of aromatic amines is 1. The Kier molecular flexibility index (Phi) is 5.33. The Morgan fingerprint density at radius 1 is 1.35 bits per heavy atom. The lowest BCUT2D eigenvalue weighted by Gasteiger charge is -2.41. The Balaban J connectivity index is 1.54. The van der Waals surface area contributed by atoms with Crippen LogP contribution in [-0.2, 0) is 11.3 Å². The van der Waals surface area contributed by atoms with Crippen LogP contribution in [0.1, 0.15) is 31.5 Å². The molecule has 1 N–H and O–H groups in total. The molecule has 128 valence electrons. The molecule has 0 saturated carbocycles. The largest absolute Gasteiger partial charge is 0.347 e. The lowest BCUT2D eigenvalue weighted by atomic mass is 9.93. The molecule has 2 fully saturated rings. The number of H-pyrrole nitrogens is 1. The average Bonchev–Trinajstić information content (AvgIpc) is 3.08. The zero-order valence-electron chi connectivity index (χ0n) is 14.4. The maximum absolute atomic E-state index is 12.8. The molecule has 1 aromatic rings. The summed E-state index contributed by atoms with van der Waals surface area (Å²) in [6.07, 6.45) is 8.16. The number of rotatable bonds is 4. The van der Waals surface area contributed by atoms with Crippen LogP contribution in [0.2, 0.25) is 0 Å². The van der Waals surface area contributed by atoms with Gasteiger partial charge in [-0.25, -0.2) is 4.98 Å². The molecule has 0 spiro atoms. The highest BCUT2D eigenvalue weighted by Gasteiger charge is 2.32. The van der Waals surface area contributed by atoms with Crippen LogP contribution in [-0.4, -0.2) is 76.9 Å². The Bertz CT molecular complexity index is 495. The molecule has 0 radical (unpaired) electrons. The lowest BCUT2D eigenvalue weighted by molar-refractivity contribution is -0.137. The van der Waals surface area contributed by atoms with Crippen LogP contribution in [0.15, 0.2) is 12.4 Å². The predicted molar refractivity (Wildman–Crippen MR) is 89.9 cm³/mol. The Morgan fingerprint density at radius 3 is 2.83 bits per heavy atom. The molecular weight excluding hydrogens is 290 g/mol. The Morgan fingerprint density at radius 2 is 2.13 bits per heavy atom. The summed E-state index contributed by atoms with van der Waals surface area (Å²) >= 11 is 0. The number of aromatic nitrogens is 2. The first kappa shape index (κ1) is 16.5. The van der Waals surface area contributed by atoms with Crippen molar-refractivity contribution in [2.45, 2.75) is 38.3 Å². The molecule has 0 aliphatic carbocycles. The van der Waals surface area contributed by atoms with Crippen LogP contribution in [0, 0.1) is 5.92 Å². The standard InChI is InChI=1S/C17H29N5O/c1-20-10-5-15(6-11-20)22-9-3-4-14(12-22)17(23)21(2)13-16-18-7-8-19-16/h7-8,14-15H,3-6,9-13H2,1-2H3,(H,18,19).